The molecule has 4 aliphatic rings. The van der Waals surface area contributed by atoms with Gasteiger partial charge >= 0.3 is 6.09 Å². The number of likely N-dealkylation sites (tertiary alicyclic amines) is 3. The van der Waals surface area contributed by atoms with Crippen LogP contribution in [0.25, 0.3) is 0 Å². The van der Waals surface area contributed by atoms with Crippen molar-refractivity contribution in [1.82, 2.24) is 24.9 Å². The Bertz CT molecular complexity index is 694. The number of aromatic amines is 1. The standard InChI is InChI=1S/C22H35N5O2/c1-2-29-21(28)26-13-8-22(16-26)14-18(15-22)25-11-6-17(7-12-25)27-10-3-4-20(27)19-5-9-23-24-19/h5,9,17-18,20H,2-4,6-8,10-16H2,1H3,(H,23,24). The smallest absolute Gasteiger partial charge is 0.409 e. The van der Waals surface area contributed by atoms with Gasteiger partial charge < -0.3 is 14.5 Å². The van der Waals surface area contributed by atoms with Crippen LogP contribution in [-0.2, 0) is 4.74 Å². The van der Waals surface area contributed by atoms with E-state index in [9.17, 15) is 4.79 Å². The number of rotatable bonds is 4. The van der Waals surface area contributed by atoms with Crippen LogP contribution >= 0.6 is 0 Å². The van der Waals surface area contributed by atoms with Crippen LogP contribution in [0.3, 0.4) is 0 Å². The molecule has 1 aromatic rings. The normalized spacial score (nSPS) is 34.0. The van der Waals surface area contributed by atoms with Crippen molar-refractivity contribution in [3.63, 3.8) is 0 Å². The molecule has 1 N–H and O–H groups in total. The highest BCUT2D eigenvalue weighted by Gasteiger charge is 2.51. The van der Waals surface area contributed by atoms with E-state index in [1.54, 1.807) is 0 Å². The number of carbonyl (C=O) groups excluding carboxylic acids is 1. The molecular formula is C22H35N5O2. The molecule has 29 heavy (non-hydrogen) atoms. The van der Waals surface area contributed by atoms with Crippen LogP contribution in [-0.4, -0.2) is 82.4 Å². The first-order valence-electron chi connectivity index (χ1n) is 11.6. The van der Waals surface area contributed by atoms with Gasteiger partial charge in [0.05, 0.1) is 18.3 Å². The average molecular weight is 402 g/mol. The zero-order valence-electron chi connectivity index (χ0n) is 17.7. The number of aromatic nitrogens is 2. The lowest BCUT2D eigenvalue weighted by Gasteiger charge is -2.52. The van der Waals surface area contributed by atoms with Crippen molar-refractivity contribution >= 4 is 6.09 Å². The minimum atomic E-state index is -0.119. The fourth-order valence-corrected chi connectivity index (χ4v) is 6.43. The number of piperidine rings is 1. The van der Waals surface area contributed by atoms with Gasteiger partial charge in [0.2, 0.25) is 0 Å². The van der Waals surface area contributed by atoms with E-state index in [1.165, 1.54) is 63.9 Å². The van der Waals surface area contributed by atoms with Crippen LogP contribution in [0.1, 0.15) is 63.6 Å². The SMILES string of the molecule is CCOC(=O)N1CCC2(CC(N3CCC(N4CCCC4c4ccn[nH]4)CC3)C2)C1. The molecule has 0 aromatic carbocycles. The Morgan fingerprint density at radius 3 is 2.76 bits per heavy atom. The highest BCUT2D eigenvalue weighted by atomic mass is 16.6. The summed E-state index contributed by atoms with van der Waals surface area (Å²) in [6.07, 6.45) is 10.5. The summed E-state index contributed by atoms with van der Waals surface area (Å²) in [5.74, 6) is 0. The molecule has 4 fully saturated rings. The second-order valence-corrected chi connectivity index (χ2v) is 9.61. The van der Waals surface area contributed by atoms with Gasteiger partial charge in [0.15, 0.2) is 0 Å². The minimum Gasteiger partial charge on any atom is -0.450 e. The molecule has 7 heteroatoms. The van der Waals surface area contributed by atoms with Crippen LogP contribution in [0.4, 0.5) is 4.79 Å². The highest BCUT2D eigenvalue weighted by molar-refractivity contribution is 5.68. The lowest BCUT2D eigenvalue weighted by Crippen LogP contribution is -2.56. The molecule has 0 bridgehead atoms. The van der Waals surface area contributed by atoms with E-state index in [1.807, 2.05) is 18.0 Å². The van der Waals surface area contributed by atoms with Crippen molar-refractivity contribution in [2.45, 2.75) is 70.0 Å². The summed E-state index contributed by atoms with van der Waals surface area (Å²) in [4.78, 5) is 19.4. The van der Waals surface area contributed by atoms with E-state index in [0.29, 0.717) is 24.1 Å². The molecule has 1 unspecified atom stereocenters. The quantitative estimate of drug-likeness (QED) is 0.840. The predicted molar refractivity (Wildman–Crippen MR) is 111 cm³/mol. The molecule has 7 nitrogen and oxygen atoms in total. The van der Waals surface area contributed by atoms with E-state index < -0.39 is 0 Å². The summed E-state index contributed by atoms with van der Waals surface area (Å²) in [6, 6.07) is 4.11. The molecule has 3 aliphatic heterocycles. The van der Waals surface area contributed by atoms with Gasteiger partial charge in [0.25, 0.3) is 0 Å². The highest BCUT2D eigenvalue weighted by Crippen LogP contribution is 2.50. The number of H-pyrrole nitrogens is 1. The number of carbonyl (C=O) groups is 1. The number of nitrogens with zero attached hydrogens (tertiary/aromatic N) is 4. The van der Waals surface area contributed by atoms with Crippen molar-refractivity contribution < 1.29 is 9.53 Å². The van der Waals surface area contributed by atoms with Crippen molar-refractivity contribution in [1.29, 1.82) is 0 Å². The third kappa shape index (κ3) is 3.67. The van der Waals surface area contributed by atoms with Gasteiger partial charge in [-0.3, -0.25) is 10.00 Å². The molecule has 1 amide bonds. The van der Waals surface area contributed by atoms with E-state index in [4.69, 9.17) is 4.74 Å². The Labute approximate surface area is 173 Å². The number of amides is 1. The molecule has 160 valence electrons. The second-order valence-electron chi connectivity index (χ2n) is 9.61. The van der Waals surface area contributed by atoms with Gasteiger partial charge in [-0.1, -0.05) is 0 Å². The zero-order chi connectivity index (χ0) is 19.8. The van der Waals surface area contributed by atoms with Crippen LogP contribution in [0, 0.1) is 5.41 Å². The predicted octanol–water partition coefficient (Wildman–Crippen LogP) is 3.02. The summed E-state index contributed by atoms with van der Waals surface area (Å²) in [5, 5.41) is 7.37. The molecule has 1 atom stereocenters. The third-order valence-electron chi connectivity index (χ3n) is 7.96. The Kier molecular flexibility index (Phi) is 5.28. The zero-order valence-corrected chi connectivity index (χ0v) is 17.7. The first-order chi connectivity index (χ1) is 14.2. The molecule has 0 radical (unpaired) electrons. The molecule has 1 spiro atoms. The molecule has 1 aromatic heterocycles. The second kappa shape index (κ2) is 7.91. The Morgan fingerprint density at radius 2 is 2.03 bits per heavy atom. The summed E-state index contributed by atoms with van der Waals surface area (Å²) >= 11 is 0. The van der Waals surface area contributed by atoms with E-state index in [0.717, 1.165) is 25.6 Å². The fourth-order valence-electron chi connectivity index (χ4n) is 6.43. The topological polar surface area (TPSA) is 64.7 Å². The number of hydrogen-bond donors (Lipinski definition) is 1. The first-order valence-corrected chi connectivity index (χ1v) is 11.6. The molecular weight excluding hydrogens is 366 g/mol. The Hall–Kier alpha value is -1.60. The summed E-state index contributed by atoms with van der Waals surface area (Å²) in [5.41, 5.74) is 1.66. The molecule has 1 aliphatic carbocycles. The van der Waals surface area contributed by atoms with Gasteiger partial charge in [0, 0.05) is 31.4 Å². The summed E-state index contributed by atoms with van der Waals surface area (Å²) in [7, 11) is 0. The first kappa shape index (κ1) is 19.4. The van der Waals surface area contributed by atoms with Crippen molar-refractivity contribution in [3.05, 3.63) is 18.0 Å². The fraction of sp³-hybridized carbons (Fsp3) is 0.818. The largest absolute Gasteiger partial charge is 0.450 e. The molecule has 1 saturated carbocycles. The van der Waals surface area contributed by atoms with Crippen LogP contribution < -0.4 is 0 Å². The van der Waals surface area contributed by atoms with Gasteiger partial charge in [-0.25, -0.2) is 4.79 Å². The van der Waals surface area contributed by atoms with Gasteiger partial charge in [-0.15, -0.1) is 0 Å². The molecule has 4 heterocycles. The molecule has 5 rings (SSSR count). The minimum absolute atomic E-state index is 0.119. The average Bonchev–Trinajstić information content (AvgIpc) is 3.47. The summed E-state index contributed by atoms with van der Waals surface area (Å²) < 4.78 is 5.19. The monoisotopic (exact) mass is 401 g/mol. The lowest BCUT2D eigenvalue weighted by molar-refractivity contribution is -0.0174. The number of nitrogens with one attached hydrogen (secondary N) is 1. The maximum Gasteiger partial charge on any atom is 0.409 e. The number of hydrogen-bond acceptors (Lipinski definition) is 5. The lowest BCUT2D eigenvalue weighted by atomic mass is 9.64. The van der Waals surface area contributed by atoms with Crippen LogP contribution in [0.2, 0.25) is 0 Å². The number of ether oxygens (including phenoxy) is 1. The molecule has 3 saturated heterocycles. The Balaban J connectivity index is 1.10. The maximum absolute atomic E-state index is 12.0. The van der Waals surface area contributed by atoms with E-state index in [-0.39, 0.29) is 6.09 Å². The van der Waals surface area contributed by atoms with Gasteiger partial charge in [-0.2, -0.15) is 5.10 Å². The van der Waals surface area contributed by atoms with E-state index in [2.05, 4.69) is 26.1 Å². The Morgan fingerprint density at radius 1 is 1.21 bits per heavy atom. The maximum atomic E-state index is 12.0. The van der Waals surface area contributed by atoms with Crippen LogP contribution in [0.15, 0.2) is 12.3 Å². The van der Waals surface area contributed by atoms with E-state index >= 15 is 0 Å². The van der Waals surface area contributed by atoms with Crippen molar-refractivity contribution in [2.24, 2.45) is 5.41 Å². The van der Waals surface area contributed by atoms with Gasteiger partial charge in [0.1, 0.15) is 0 Å². The third-order valence-corrected chi connectivity index (χ3v) is 7.96. The van der Waals surface area contributed by atoms with Crippen LogP contribution in [0.5, 0.6) is 0 Å². The van der Waals surface area contributed by atoms with Gasteiger partial charge in [-0.05, 0) is 83.0 Å². The van der Waals surface area contributed by atoms with Crippen molar-refractivity contribution in [3.8, 4) is 0 Å². The summed E-state index contributed by atoms with van der Waals surface area (Å²) in [6.45, 7) is 7.79. The van der Waals surface area contributed by atoms with Crippen molar-refractivity contribution in [2.75, 3.05) is 39.3 Å².